The molecule has 0 bridgehead atoms. The van der Waals surface area contributed by atoms with Crippen LogP contribution in [0.5, 0.6) is 0 Å². The maximum absolute atomic E-state index is 14.0. The second-order valence-electron chi connectivity index (χ2n) is 6.88. The van der Waals surface area contributed by atoms with Gasteiger partial charge in [-0.1, -0.05) is 25.1 Å². The Morgan fingerprint density at radius 3 is 2.83 bits per heavy atom. The number of hydrogen-bond donors (Lipinski definition) is 2. The fourth-order valence-electron chi connectivity index (χ4n) is 3.48. The minimum absolute atomic E-state index is 0.0228. The molecule has 8 heteroatoms. The number of aromatic nitrogens is 6. The van der Waals surface area contributed by atoms with Gasteiger partial charge in [0.25, 0.3) is 0 Å². The van der Waals surface area contributed by atoms with Crippen LogP contribution in [0.15, 0.2) is 61.2 Å². The monoisotopic (exact) mass is 387 g/mol. The summed E-state index contributed by atoms with van der Waals surface area (Å²) in [4.78, 5) is 20.5. The molecule has 0 aliphatic heterocycles. The Kier molecular flexibility index (Phi) is 4.16. The van der Waals surface area contributed by atoms with Gasteiger partial charge in [0, 0.05) is 24.2 Å². The molecule has 0 aliphatic rings. The summed E-state index contributed by atoms with van der Waals surface area (Å²) in [6.07, 6.45) is 3.09. The van der Waals surface area contributed by atoms with Crippen LogP contribution in [-0.2, 0) is 0 Å². The van der Waals surface area contributed by atoms with Gasteiger partial charge in [0.15, 0.2) is 11.5 Å². The Morgan fingerprint density at radius 1 is 1.10 bits per heavy atom. The maximum Gasteiger partial charge on any atom is 0.162 e. The summed E-state index contributed by atoms with van der Waals surface area (Å²) < 4.78 is 16.0. The standard InChI is InChI=1S/C21H18FN7/c1-13(10-23-19-18-20(25-11-24-18)27-12-26-19)21-28-16-8-7-14(22)9-17(16)29(21)15-5-3-2-4-6-15/h2-9,11-13H,10H2,1H3,(H2,23,24,25,26,27)/t13-/m0/s1. The molecule has 0 radical (unpaired) electrons. The number of rotatable bonds is 5. The number of nitrogens with one attached hydrogen (secondary N) is 2. The fraction of sp³-hybridized carbons (Fsp3) is 0.143. The van der Waals surface area contributed by atoms with Crippen LogP contribution in [0.1, 0.15) is 18.7 Å². The van der Waals surface area contributed by atoms with E-state index in [9.17, 15) is 4.39 Å². The predicted molar refractivity (Wildman–Crippen MR) is 110 cm³/mol. The molecule has 0 saturated heterocycles. The summed E-state index contributed by atoms with van der Waals surface area (Å²) in [6.45, 7) is 2.66. The van der Waals surface area contributed by atoms with Crippen LogP contribution in [0.3, 0.4) is 0 Å². The first-order valence-electron chi connectivity index (χ1n) is 9.32. The molecular formula is C21H18FN7. The number of benzene rings is 2. The molecule has 3 heterocycles. The third-order valence-corrected chi connectivity index (χ3v) is 4.89. The summed E-state index contributed by atoms with van der Waals surface area (Å²) in [7, 11) is 0. The van der Waals surface area contributed by atoms with Gasteiger partial charge in [-0.3, -0.25) is 4.57 Å². The summed E-state index contributed by atoms with van der Waals surface area (Å²) in [5.41, 5.74) is 3.82. The van der Waals surface area contributed by atoms with Crippen molar-refractivity contribution in [2.24, 2.45) is 0 Å². The summed E-state index contributed by atoms with van der Waals surface area (Å²) in [5, 5.41) is 3.35. The van der Waals surface area contributed by atoms with Gasteiger partial charge in [0.1, 0.15) is 23.5 Å². The Bertz CT molecular complexity index is 1290. The first-order chi connectivity index (χ1) is 14.2. The molecule has 5 aromatic rings. The Morgan fingerprint density at radius 2 is 1.97 bits per heavy atom. The first-order valence-corrected chi connectivity index (χ1v) is 9.32. The van der Waals surface area contributed by atoms with E-state index in [4.69, 9.17) is 4.98 Å². The van der Waals surface area contributed by atoms with Gasteiger partial charge in [-0.15, -0.1) is 0 Å². The Balaban J connectivity index is 1.53. The highest BCUT2D eigenvalue weighted by molar-refractivity contribution is 5.82. The Hall–Kier alpha value is -3.81. The quantitative estimate of drug-likeness (QED) is 0.475. The number of fused-ring (bicyclic) bond motifs is 2. The molecule has 0 saturated carbocycles. The van der Waals surface area contributed by atoms with Crippen LogP contribution in [0.25, 0.3) is 27.9 Å². The zero-order chi connectivity index (χ0) is 19.8. The van der Waals surface area contributed by atoms with Gasteiger partial charge in [0.2, 0.25) is 0 Å². The van der Waals surface area contributed by atoms with E-state index in [1.165, 1.54) is 18.5 Å². The fourth-order valence-corrected chi connectivity index (χ4v) is 3.48. The number of nitrogens with zero attached hydrogens (tertiary/aromatic N) is 5. The van der Waals surface area contributed by atoms with Gasteiger partial charge in [-0.25, -0.2) is 24.3 Å². The summed E-state index contributed by atoms with van der Waals surface area (Å²) in [5.74, 6) is 1.25. The molecular weight excluding hydrogens is 369 g/mol. The van der Waals surface area contributed by atoms with Crippen molar-refractivity contribution < 1.29 is 4.39 Å². The van der Waals surface area contributed by atoms with Crippen LogP contribution >= 0.6 is 0 Å². The van der Waals surface area contributed by atoms with Gasteiger partial charge < -0.3 is 10.3 Å². The highest BCUT2D eigenvalue weighted by Gasteiger charge is 2.19. The van der Waals surface area contributed by atoms with Crippen LogP contribution in [-0.4, -0.2) is 36.0 Å². The van der Waals surface area contributed by atoms with Gasteiger partial charge in [-0.2, -0.15) is 0 Å². The zero-order valence-electron chi connectivity index (χ0n) is 15.7. The normalized spacial score (nSPS) is 12.5. The van der Waals surface area contributed by atoms with Crippen molar-refractivity contribution in [3.8, 4) is 5.69 Å². The number of anilines is 1. The van der Waals surface area contributed by atoms with Gasteiger partial charge in [0.05, 0.1) is 17.4 Å². The highest BCUT2D eigenvalue weighted by atomic mass is 19.1. The van der Waals surface area contributed by atoms with Gasteiger partial charge >= 0.3 is 0 Å². The Labute approximate surface area is 165 Å². The van der Waals surface area contributed by atoms with Gasteiger partial charge in [-0.05, 0) is 24.3 Å². The average Bonchev–Trinajstić information content (AvgIpc) is 3.37. The molecule has 29 heavy (non-hydrogen) atoms. The molecule has 2 aromatic carbocycles. The number of aromatic amines is 1. The molecule has 3 aromatic heterocycles. The summed E-state index contributed by atoms with van der Waals surface area (Å²) >= 11 is 0. The van der Waals surface area contributed by atoms with E-state index in [0.717, 1.165) is 22.5 Å². The van der Waals surface area contributed by atoms with Crippen LogP contribution in [0.4, 0.5) is 10.2 Å². The largest absolute Gasteiger partial charge is 0.367 e. The minimum atomic E-state index is -0.284. The lowest BCUT2D eigenvalue weighted by atomic mass is 10.1. The number of hydrogen-bond acceptors (Lipinski definition) is 5. The zero-order valence-corrected chi connectivity index (χ0v) is 15.7. The van der Waals surface area contributed by atoms with E-state index in [1.807, 2.05) is 34.9 Å². The molecule has 2 N–H and O–H groups in total. The lowest BCUT2D eigenvalue weighted by Gasteiger charge is -2.16. The molecule has 5 rings (SSSR count). The predicted octanol–water partition coefficient (Wildman–Crippen LogP) is 4.05. The molecule has 0 aliphatic carbocycles. The van der Waals surface area contributed by atoms with E-state index < -0.39 is 0 Å². The van der Waals surface area contributed by atoms with E-state index in [1.54, 1.807) is 12.4 Å². The molecule has 0 unspecified atom stereocenters. The smallest absolute Gasteiger partial charge is 0.162 e. The lowest BCUT2D eigenvalue weighted by molar-refractivity contribution is 0.629. The van der Waals surface area contributed by atoms with E-state index in [-0.39, 0.29) is 11.7 Å². The van der Waals surface area contributed by atoms with Crippen molar-refractivity contribution in [3.63, 3.8) is 0 Å². The van der Waals surface area contributed by atoms with E-state index >= 15 is 0 Å². The van der Waals surface area contributed by atoms with Crippen LogP contribution in [0.2, 0.25) is 0 Å². The molecule has 0 spiro atoms. The van der Waals surface area contributed by atoms with Crippen LogP contribution < -0.4 is 5.32 Å². The SMILES string of the molecule is C[C@@H](CNc1ncnc2[nH]cnc12)c1nc2ccc(F)cc2n1-c1ccccc1. The third-order valence-electron chi connectivity index (χ3n) is 4.89. The van der Waals surface area contributed by atoms with Crippen molar-refractivity contribution in [2.45, 2.75) is 12.8 Å². The van der Waals surface area contributed by atoms with E-state index in [2.05, 4.69) is 32.2 Å². The maximum atomic E-state index is 14.0. The second-order valence-corrected chi connectivity index (χ2v) is 6.88. The number of para-hydroxylation sites is 1. The molecule has 144 valence electrons. The average molecular weight is 387 g/mol. The second kappa shape index (κ2) is 6.97. The van der Waals surface area contributed by atoms with Crippen molar-refractivity contribution >= 4 is 28.0 Å². The molecule has 1 atom stereocenters. The number of H-pyrrole nitrogens is 1. The lowest BCUT2D eigenvalue weighted by Crippen LogP contribution is -2.15. The first kappa shape index (κ1) is 17.3. The topological polar surface area (TPSA) is 84.3 Å². The number of halogens is 1. The van der Waals surface area contributed by atoms with E-state index in [0.29, 0.717) is 23.5 Å². The number of imidazole rings is 2. The highest BCUT2D eigenvalue weighted by Crippen LogP contribution is 2.27. The van der Waals surface area contributed by atoms with Crippen molar-refractivity contribution in [2.75, 3.05) is 11.9 Å². The minimum Gasteiger partial charge on any atom is -0.367 e. The van der Waals surface area contributed by atoms with Crippen LogP contribution in [0, 0.1) is 5.82 Å². The molecule has 0 fully saturated rings. The van der Waals surface area contributed by atoms with Crippen molar-refractivity contribution in [1.82, 2.24) is 29.5 Å². The summed E-state index contributed by atoms with van der Waals surface area (Å²) in [6, 6.07) is 14.5. The third kappa shape index (κ3) is 3.08. The molecule has 0 amide bonds. The van der Waals surface area contributed by atoms with Crippen molar-refractivity contribution in [3.05, 3.63) is 72.8 Å². The molecule has 7 nitrogen and oxygen atoms in total. The van der Waals surface area contributed by atoms with Crippen molar-refractivity contribution in [1.29, 1.82) is 0 Å².